The Kier molecular flexibility index (Phi) is 5.85. The highest BCUT2D eigenvalue weighted by molar-refractivity contribution is 5.85. The van der Waals surface area contributed by atoms with Crippen molar-refractivity contribution in [3.63, 3.8) is 0 Å². The molecule has 0 unspecified atom stereocenters. The summed E-state index contributed by atoms with van der Waals surface area (Å²) < 4.78 is 23.6. The molecule has 0 saturated carbocycles. The van der Waals surface area contributed by atoms with E-state index in [-0.39, 0.29) is 24.3 Å². The normalized spacial score (nSPS) is 17.9. The van der Waals surface area contributed by atoms with Crippen molar-refractivity contribution in [1.29, 1.82) is 0 Å². The molecule has 1 fully saturated rings. The van der Waals surface area contributed by atoms with Crippen LogP contribution in [0.1, 0.15) is 24.4 Å². The number of halogens is 2. The monoisotopic (exact) mass is 275 g/mol. The summed E-state index contributed by atoms with van der Waals surface area (Å²) in [5.41, 5.74) is 7.11. The Bertz CT molecular complexity index is 383. The molecule has 1 aromatic rings. The van der Waals surface area contributed by atoms with Gasteiger partial charge in [0.1, 0.15) is 11.6 Å². The first-order chi connectivity index (χ1) is 8.22. The van der Waals surface area contributed by atoms with Crippen molar-refractivity contribution in [2.24, 2.45) is 11.7 Å². The number of nitrogens with two attached hydrogens (primary N) is 1. The van der Waals surface area contributed by atoms with Crippen LogP contribution in [0.5, 0.6) is 5.75 Å². The maximum absolute atomic E-state index is 13.1. The molecule has 1 aliphatic rings. The second kappa shape index (κ2) is 6.92. The second-order valence-corrected chi connectivity index (χ2v) is 4.36. The molecule has 0 aliphatic carbocycles. The van der Waals surface area contributed by atoms with Crippen molar-refractivity contribution in [3.8, 4) is 5.75 Å². The Morgan fingerprint density at radius 1 is 1.39 bits per heavy atom. The van der Waals surface area contributed by atoms with E-state index in [1.54, 1.807) is 6.07 Å². The molecule has 1 atom stereocenters. The number of hydrogen-bond acceptors (Lipinski definition) is 3. The van der Waals surface area contributed by atoms with Gasteiger partial charge in [-0.25, -0.2) is 4.39 Å². The van der Waals surface area contributed by atoms with E-state index in [1.165, 1.54) is 19.2 Å². The fourth-order valence-electron chi connectivity index (χ4n) is 2.29. The van der Waals surface area contributed by atoms with E-state index in [9.17, 15) is 4.39 Å². The minimum absolute atomic E-state index is 0. The molecule has 1 aliphatic heterocycles. The molecular weight excluding hydrogens is 257 g/mol. The minimum atomic E-state index is -0.301. The minimum Gasteiger partial charge on any atom is -0.496 e. The molecule has 5 heteroatoms. The summed E-state index contributed by atoms with van der Waals surface area (Å²) >= 11 is 0. The Balaban J connectivity index is 0.00000162. The van der Waals surface area contributed by atoms with Gasteiger partial charge in [0.05, 0.1) is 7.11 Å². The van der Waals surface area contributed by atoms with Crippen LogP contribution in [-0.2, 0) is 4.74 Å². The van der Waals surface area contributed by atoms with Crippen molar-refractivity contribution in [2.45, 2.75) is 18.9 Å². The first-order valence-electron chi connectivity index (χ1n) is 5.89. The van der Waals surface area contributed by atoms with Gasteiger partial charge in [-0.05, 0) is 24.8 Å². The predicted octanol–water partition coefficient (Wildman–Crippen LogP) is 2.68. The van der Waals surface area contributed by atoms with Crippen LogP contribution in [0.25, 0.3) is 0 Å². The van der Waals surface area contributed by atoms with Gasteiger partial charge in [0.2, 0.25) is 0 Å². The van der Waals surface area contributed by atoms with E-state index < -0.39 is 0 Å². The highest BCUT2D eigenvalue weighted by Crippen LogP contribution is 2.33. The zero-order chi connectivity index (χ0) is 12.3. The lowest BCUT2D eigenvalue weighted by Gasteiger charge is -2.28. The summed E-state index contributed by atoms with van der Waals surface area (Å²) in [7, 11) is 1.54. The molecule has 0 spiro atoms. The number of ether oxygens (including phenoxy) is 2. The van der Waals surface area contributed by atoms with Gasteiger partial charge >= 0.3 is 0 Å². The Hall–Kier alpha value is -0.840. The molecular formula is C13H19ClFNO2. The Labute approximate surface area is 113 Å². The van der Waals surface area contributed by atoms with Gasteiger partial charge in [-0.1, -0.05) is 6.07 Å². The molecule has 3 nitrogen and oxygen atoms in total. The van der Waals surface area contributed by atoms with Crippen LogP contribution in [0.2, 0.25) is 0 Å². The summed E-state index contributed by atoms with van der Waals surface area (Å²) in [6, 6.07) is 4.41. The first-order valence-corrected chi connectivity index (χ1v) is 5.89. The van der Waals surface area contributed by atoms with Crippen LogP contribution >= 0.6 is 12.4 Å². The largest absolute Gasteiger partial charge is 0.496 e. The molecule has 0 aromatic heterocycles. The summed E-state index contributed by atoms with van der Waals surface area (Å²) in [4.78, 5) is 0. The van der Waals surface area contributed by atoms with E-state index >= 15 is 0 Å². The van der Waals surface area contributed by atoms with Gasteiger partial charge < -0.3 is 15.2 Å². The van der Waals surface area contributed by atoms with Crippen molar-refractivity contribution in [2.75, 3.05) is 20.3 Å². The fraction of sp³-hybridized carbons (Fsp3) is 0.538. The van der Waals surface area contributed by atoms with Crippen LogP contribution in [0.4, 0.5) is 4.39 Å². The summed E-state index contributed by atoms with van der Waals surface area (Å²) in [6.07, 6.45) is 1.89. The summed E-state index contributed by atoms with van der Waals surface area (Å²) in [5.74, 6) is 0.608. The van der Waals surface area contributed by atoms with Gasteiger partial charge in [-0.3, -0.25) is 0 Å². The molecule has 1 aromatic carbocycles. The zero-order valence-corrected chi connectivity index (χ0v) is 11.2. The predicted molar refractivity (Wildman–Crippen MR) is 70.7 cm³/mol. The summed E-state index contributed by atoms with van der Waals surface area (Å²) in [6.45, 7) is 1.50. The van der Waals surface area contributed by atoms with Crippen LogP contribution in [-0.4, -0.2) is 20.3 Å². The van der Waals surface area contributed by atoms with E-state index in [1.807, 2.05) is 0 Å². The maximum Gasteiger partial charge on any atom is 0.126 e. The number of rotatable bonds is 3. The molecule has 0 amide bonds. The average molecular weight is 276 g/mol. The number of hydrogen-bond donors (Lipinski definition) is 1. The SMILES string of the molecule is COc1cc(F)ccc1[C@H](N)C1CCOCC1.Cl. The van der Waals surface area contributed by atoms with Gasteiger partial charge in [0.25, 0.3) is 0 Å². The van der Waals surface area contributed by atoms with E-state index in [0.29, 0.717) is 11.7 Å². The van der Waals surface area contributed by atoms with Gasteiger partial charge in [0, 0.05) is 30.9 Å². The highest BCUT2D eigenvalue weighted by Gasteiger charge is 2.24. The van der Waals surface area contributed by atoms with Gasteiger partial charge in [0.15, 0.2) is 0 Å². The summed E-state index contributed by atoms with van der Waals surface area (Å²) in [5, 5.41) is 0. The lowest BCUT2D eigenvalue weighted by Crippen LogP contribution is -2.27. The van der Waals surface area contributed by atoms with Gasteiger partial charge in [-0.2, -0.15) is 0 Å². The van der Waals surface area contributed by atoms with Crippen molar-refractivity contribution >= 4 is 12.4 Å². The third-order valence-electron chi connectivity index (χ3n) is 3.33. The van der Waals surface area contributed by atoms with E-state index in [4.69, 9.17) is 15.2 Å². The zero-order valence-electron chi connectivity index (χ0n) is 10.4. The van der Waals surface area contributed by atoms with Crippen LogP contribution in [0.3, 0.4) is 0 Å². The molecule has 2 N–H and O–H groups in total. The Morgan fingerprint density at radius 3 is 2.67 bits per heavy atom. The fourth-order valence-corrected chi connectivity index (χ4v) is 2.29. The molecule has 0 bridgehead atoms. The van der Waals surface area contributed by atoms with Crippen molar-refractivity contribution in [3.05, 3.63) is 29.6 Å². The van der Waals surface area contributed by atoms with E-state index in [2.05, 4.69) is 0 Å². The molecule has 102 valence electrons. The molecule has 0 radical (unpaired) electrons. The first kappa shape index (κ1) is 15.2. The third kappa shape index (κ3) is 3.34. The average Bonchev–Trinajstić information content (AvgIpc) is 2.39. The Morgan fingerprint density at radius 2 is 2.06 bits per heavy atom. The van der Waals surface area contributed by atoms with Crippen molar-refractivity contribution < 1.29 is 13.9 Å². The number of methoxy groups -OCH3 is 1. The molecule has 18 heavy (non-hydrogen) atoms. The third-order valence-corrected chi connectivity index (χ3v) is 3.33. The molecule has 2 rings (SSSR count). The van der Waals surface area contributed by atoms with E-state index in [0.717, 1.165) is 31.6 Å². The topological polar surface area (TPSA) is 44.5 Å². The van der Waals surface area contributed by atoms with Crippen molar-refractivity contribution in [1.82, 2.24) is 0 Å². The standard InChI is InChI=1S/C13H18FNO2.ClH/c1-16-12-8-10(14)2-3-11(12)13(15)9-4-6-17-7-5-9;/h2-3,8-9,13H,4-7,15H2,1H3;1H/t13-;/m1./s1. The maximum atomic E-state index is 13.1. The van der Waals surface area contributed by atoms with Gasteiger partial charge in [-0.15, -0.1) is 12.4 Å². The quantitative estimate of drug-likeness (QED) is 0.922. The smallest absolute Gasteiger partial charge is 0.126 e. The number of benzene rings is 1. The van der Waals surface area contributed by atoms with Crippen LogP contribution in [0, 0.1) is 11.7 Å². The lowest BCUT2D eigenvalue weighted by molar-refractivity contribution is 0.0581. The highest BCUT2D eigenvalue weighted by atomic mass is 35.5. The molecule has 1 saturated heterocycles. The second-order valence-electron chi connectivity index (χ2n) is 4.36. The molecule has 1 heterocycles. The van der Waals surface area contributed by atoms with Crippen LogP contribution < -0.4 is 10.5 Å². The lowest BCUT2D eigenvalue weighted by atomic mass is 9.87. The van der Waals surface area contributed by atoms with Crippen LogP contribution in [0.15, 0.2) is 18.2 Å².